The van der Waals surface area contributed by atoms with Crippen LogP contribution in [0.1, 0.15) is 10.4 Å². The van der Waals surface area contributed by atoms with Crippen LogP contribution in [0.4, 0.5) is 0 Å². The Morgan fingerprint density at radius 1 is 1.38 bits per heavy atom. The van der Waals surface area contributed by atoms with Gasteiger partial charge in [0.15, 0.2) is 0 Å². The van der Waals surface area contributed by atoms with Gasteiger partial charge in [0, 0.05) is 21.6 Å². The van der Waals surface area contributed by atoms with Gasteiger partial charge in [0.1, 0.15) is 11.3 Å². The number of fused-ring (bicyclic) bond motifs is 1. The van der Waals surface area contributed by atoms with Crippen LogP contribution in [0.5, 0.6) is 5.75 Å². The van der Waals surface area contributed by atoms with Crippen LogP contribution in [0.25, 0.3) is 10.9 Å². The molecule has 2 rings (SSSR count). The second-order valence-corrected chi connectivity index (χ2v) is 4.05. The Kier molecular flexibility index (Phi) is 2.87. The first-order chi connectivity index (χ1) is 7.69. The molecule has 0 saturated heterocycles. The van der Waals surface area contributed by atoms with Gasteiger partial charge in [0.2, 0.25) is 0 Å². The molecule has 1 heterocycles. The van der Waals surface area contributed by atoms with Crippen molar-refractivity contribution in [3.05, 3.63) is 28.4 Å². The van der Waals surface area contributed by atoms with E-state index in [1.165, 1.54) is 14.2 Å². The molecule has 16 heavy (non-hydrogen) atoms. The fraction of sp³-hybridized carbons (Fsp3) is 0.182. The standard InChI is InChI=1S/C11H10BrNO3/c1-15-8-4-3-7-9(6(12)5-13-7)10(8)11(14)16-2/h3-5,13H,1-2H3. The molecule has 0 saturated carbocycles. The van der Waals surface area contributed by atoms with Crippen LogP contribution in [-0.2, 0) is 4.74 Å². The predicted molar refractivity (Wildman–Crippen MR) is 63.9 cm³/mol. The number of esters is 1. The zero-order valence-electron chi connectivity index (χ0n) is 8.83. The maximum absolute atomic E-state index is 11.7. The average molecular weight is 284 g/mol. The first-order valence-electron chi connectivity index (χ1n) is 4.61. The van der Waals surface area contributed by atoms with Crippen LogP contribution in [0.15, 0.2) is 22.8 Å². The fourth-order valence-corrected chi connectivity index (χ4v) is 2.17. The van der Waals surface area contributed by atoms with Crippen LogP contribution < -0.4 is 4.74 Å². The minimum atomic E-state index is -0.414. The maximum Gasteiger partial charge on any atom is 0.342 e. The number of aromatic amines is 1. The van der Waals surface area contributed by atoms with E-state index in [4.69, 9.17) is 9.47 Å². The molecule has 0 radical (unpaired) electrons. The Hall–Kier alpha value is -1.49. The van der Waals surface area contributed by atoms with E-state index in [1.807, 2.05) is 6.07 Å². The van der Waals surface area contributed by atoms with E-state index in [0.29, 0.717) is 11.3 Å². The highest BCUT2D eigenvalue weighted by atomic mass is 79.9. The summed E-state index contributed by atoms with van der Waals surface area (Å²) in [7, 11) is 2.87. The van der Waals surface area contributed by atoms with Crippen molar-refractivity contribution < 1.29 is 14.3 Å². The number of hydrogen-bond acceptors (Lipinski definition) is 3. The molecule has 1 aromatic heterocycles. The van der Waals surface area contributed by atoms with Crippen molar-refractivity contribution in [3.63, 3.8) is 0 Å². The maximum atomic E-state index is 11.7. The van der Waals surface area contributed by atoms with Crippen LogP contribution >= 0.6 is 15.9 Å². The van der Waals surface area contributed by atoms with Crippen LogP contribution in [0.3, 0.4) is 0 Å². The van der Waals surface area contributed by atoms with Crippen molar-refractivity contribution in [1.29, 1.82) is 0 Å². The third-order valence-electron chi connectivity index (χ3n) is 2.37. The lowest BCUT2D eigenvalue weighted by molar-refractivity contribution is 0.0599. The van der Waals surface area contributed by atoms with Gasteiger partial charge in [-0.3, -0.25) is 0 Å². The molecule has 0 spiro atoms. The summed E-state index contributed by atoms with van der Waals surface area (Å²) in [5, 5.41) is 0.770. The molecule has 0 aliphatic carbocycles. The number of benzene rings is 1. The lowest BCUT2D eigenvalue weighted by Crippen LogP contribution is -2.04. The molecule has 0 bridgehead atoms. The zero-order valence-corrected chi connectivity index (χ0v) is 10.4. The molecule has 1 N–H and O–H groups in total. The van der Waals surface area contributed by atoms with Gasteiger partial charge >= 0.3 is 5.97 Å². The van der Waals surface area contributed by atoms with E-state index in [-0.39, 0.29) is 0 Å². The van der Waals surface area contributed by atoms with E-state index in [2.05, 4.69) is 20.9 Å². The quantitative estimate of drug-likeness (QED) is 0.863. The third kappa shape index (κ3) is 1.57. The molecule has 84 valence electrons. The number of hydrogen-bond donors (Lipinski definition) is 1. The molecule has 0 aliphatic heterocycles. The summed E-state index contributed by atoms with van der Waals surface area (Å²) in [6, 6.07) is 3.59. The van der Waals surface area contributed by atoms with Gasteiger partial charge in [-0.1, -0.05) is 0 Å². The Balaban J connectivity index is 2.82. The van der Waals surface area contributed by atoms with E-state index >= 15 is 0 Å². The number of aromatic nitrogens is 1. The molecule has 2 aromatic rings. The van der Waals surface area contributed by atoms with Crippen molar-refractivity contribution in [2.24, 2.45) is 0 Å². The number of nitrogens with one attached hydrogen (secondary N) is 1. The molecule has 0 amide bonds. The SMILES string of the molecule is COC(=O)c1c(OC)ccc2[nH]cc(Br)c12. The van der Waals surface area contributed by atoms with Gasteiger partial charge in [-0.2, -0.15) is 0 Å². The van der Waals surface area contributed by atoms with Gasteiger partial charge in [0.05, 0.1) is 14.2 Å². The lowest BCUT2D eigenvalue weighted by Gasteiger charge is -2.08. The van der Waals surface area contributed by atoms with Gasteiger partial charge in [0.25, 0.3) is 0 Å². The van der Waals surface area contributed by atoms with E-state index < -0.39 is 5.97 Å². The Bertz CT molecular complexity index is 547. The summed E-state index contributed by atoms with van der Waals surface area (Å²) < 4.78 is 10.7. The molecule has 0 unspecified atom stereocenters. The summed E-state index contributed by atoms with van der Waals surface area (Å²) in [5.41, 5.74) is 1.28. The molecule has 1 aromatic carbocycles. The van der Waals surface area contributed by atoms with Gasteiger partial charge in [-0.25, -0.2) is 4.79 Å². The molecule has 0 atom stereocenters. The number of halogens is 1. The molecular formula is C11H10BrNO3. The van der Waals surface area contributed by atoms with Crippen LogP contribution in [0, 0.1) is 0 Å². The number of methoxy groups -OCH3 is 2. The largest absolute Gasteiger partial charge is 0.496 e. The molecular weight excluding hydrogens is 274 g/mol. The Labute approximate surface area is 101 Å². The summed E-state index contributed by atoms with van der Waals surface area (Å²) in [6.45, 7) is 0. The number of ether oxygens (including phenoxy) is 2. The fourth-order valence-electron chi connectivity index (χ4n) is 1.64. The monoisotopic (exact) mass is 283 g/mol. The van der Waals surface area contributed by atoms with Crippen molar-refractivity contribution in [3.8, 4) is 5.75 Å². The zero-order chi connectivity index (χ0) is 11.7. The average Bonchev–Trinajstić information content (AvgIpc) is 2.69. The molecule has 0 fully saturated rings. The Morgan fingerprint density at radius 3 is 2.75 bits per heavy atom. The minimum Gasteiger partial charge on any atom is -0.496 e. The van der Waals surface area contributed by atoms with E-state index in [0.717, 1.165) is 15.4 Å². The van der Waals surface area contributed by atoms with Gasteiger partial charge in [-0.05, 0) is 28.1 Å². The van der Waals surface area contributed by atoms with Gasteiger partial charge in [-0.15, -0.1) is 0 Å². The van der Waals surface area contributed by atoms with Crippen molar-refractivity contribution in [2.45, 2.75) is 0 Å². The van der Waals surface area contributed by atoms with Crippen molar-refractivity contribution in [2.75, 3.05) is 14.2 Å². The number of rotatable bonds is 2. The summed E-state index contributed by atoms with van der Waals surface area (Å²) in [4.78, 5) is 14.8. The smallest absolute Gasteiger partial charge is 0.342 e. The second-order valence-electron chi connectivity index (χ2n) is 3.19. The van der Waals surface area contributed by atoms with Crippen LogP contribution in [0.2, 0.25) is 0 Å². The highest BCUT2D eigenvalue weighted by molar-refractivity contribution is 9.10. The number of H-pyrrole nitrogens is 1. The first-order valence-corrected chi connectivity index (χ1v) is 5.40. The predicted octanol–water partition coefficient (Wildman–Crippen LogP) is 2.73. The minimum absolute atomic E-state index is 0.414. The van der Waals surface area contributed by atoms with E-state index in [1.54, 1.807) is 12.3 Å². The summed E-state index contributed by atoms with van der Waals surface area (Å²) >= 11 is 3.38. The highest BCUT2D eigenvalue weighted by Crippen LogP contribution is 2.33. The Morgan fingerprint density at radius 2 is 2.12 bits per heavy atom. The number of carbonyl (C=O) groups excluding carboxylic acids is 1. The van der Waals surface area contributed by atoms with Crippen molar-refractivity contribution >= 4 is 32.8 Å². The van der Waals surface area contributed by atoms with E-state index in [9.17, 15) is 4.79 Å². The van der Waals surface area contributed by atoms with Crippen molar-refractivity contribution in [1.82, 2.24) is 4.98 Å². The molecule has 5 heteroatoms. The number of carbonyl (C=O) groups is 1. The molecule has 0 aliphatic rings. The second kappa shape index (κ2) is 4.17. The highest BCUT2D eigenvalue weighted by Gasteiger charge is 2.19. The topological polar surface area (TPSA) is 51.3 Å². The lowest BCUT2D eigenvalue weighted by atomic mass is 10.1. The third-order valence-corrected chi connectivity index (χ3v) is 3.00. The van der Waals surface area contributed by atoms with Crippen LogP contribution in [-0.4, -0.2) is 25.2 Å². The summed E-state index contributed by atoms with van der Waals surface area (Å²) in [5.74, 6) is 0.0856. The molecule has 4 nitrogen and oxygen atoms in total. The normalized spacial score (nSPS) is 10.4. The first kappa shape index (κ1) is 11.0. The van der Waals surface area contributed by atoms with Gasteiger partial charge < -0.3 is 14.5 Å². The summed E-state index contributed by atoms with van der Waals surface area (Å²) in [6.07, 6.45) is 1.77.